The van der Waals surface area contributed by atoms with Crippen LogP contribution in [0.5, 0.6) is 0 Å². The Labute approximate surface area is 66.1 Å². The average molecular weight is 159 g/mol. The smallest absolute Gasteiger partial charge is 0.144 e. The third-order valence-electron chi connectivity index (χ3n) is 2.75. The molecular weight excluding hydrogens is 145 g/mol. The van der Waals surface area contributed by atoms with Crippen molar-refractivity contribution in [1.82, 2.24) is 5.32 Å². The normalized spacial score (nSPS) is 45.0. The second kappa shape index (κ2) is 2.72. The van der Waals surface area contributed by atoms with Gasteiger partial charge in [0.2, 0.25) is 0 Å². The number of hydrogen-bond donors (Lipinski definition) is 1. The van der Waals surface area contributed by atoms with Gasteiger partial charge >= 0.3 is 0 Å². The molecule has 2 fully saturated rings. The van der Waals surface area contributed by atoms with Crippen LogP contribution in [0.15, 0.2) is 0 Å². The molecule has 2 nitrogen and oxygen atoms in total. The molecule has 0 aromatic heterocycles. The van der Waals surface area contributed by atoms with E-state index in [0.717, 1.165) is 19.4 Å². The number of piperidine rings is 1. The van der Waals surface area contributed by atoms with E-state index < -0.39 is 6.17 Å². The maximum atomic E-state index is 13.3. The Morgan fingerprint density at radius 1 is 1.45 bits per heavy atom. The zero-order valence-corrected chi connectivity index (χ0v) is 6.61. The number of rotatable bonds is 0. The van der Waals surface area contributed by atoms with Crippen LogP contribution in [-0.4, -0.2) is 31.5 Å². The lowest BCUT2D eigenvalue weighted by atomic mass is 9.87. The third kappa shape index (κ3) is 1.16. The first-order chi connectivity index (χ1) is 5.33. The van der Waals surface area contributed by atoms with Crippen LogP contribution in [0.1, 0.15) is 19.3 Å². The minimum atomic E-state index is -0.789. The van der Waals surface area contributed by atoms with E-state index in [2.05, 4.69) is 5.32 Å². The molecule has 1 spiro atoms. The number of nitrogens with one attached hydrogen (secondary N) is 1. The first-order valence-corrected chi connectivity index (χ1v) is 4.30. The molecule has 0 saturated carbocycles. The molecule has 64 valence electrons. The number of ether oxygens (including phenoxy) is 1. The van der Waals surface area contributed by atoms with Crippen LogP contribution in [0.2, 0.25) is 0 Å². The van der Waals surface area contributed by atoms with Crippen molar-refractivity contribution in [3.05, 3.63) is 0 Å². The van der Waals surface area contributed by atoms with Gasteiger partial charge in [0, 0.05) is 0 Å². The SMILES string of the molecule is FC1COCC12CCCCN2. The summed E-state index contributed by atoms with van der Waals surface area (Å²) in [5.41, 5.74) is -0.307. The predicted molar refractivity (Wildman–Crippen MR) is 40.3 cm³/mol. The van der Waals surface area contributed by atoms with E-state index in [1.165, 1.54) is 6.42 Å². The molecule has 0 aliphatic carbocycles. The Bertz CT molecular complexity index is 145. The van der Waals surface area contributed by atoms with Gasteiger partial charge in [0.05, 0.1) is 18.8 Å². The van der Waals surface area contributed by atoms with Crippen molar-refractivity contribution >= 4 is 0 Å². The van der Waals surface area contributed by atoms with Gasteiger partial charge in [0.25, 0.3) is 0 Å². The van der Waals surface area contributed by atoms with Gasteiger partial charge < -0.3 is 10.1 Å². The van der Waals surface area contributed by atoms with E-state index in [0.29, 0.717) is 6.61 Å². The lowest BCUT2D eigenvalue weighted by Gasteiger charge is -2.34. The Hall–Kier alpha value is -0.150. The second-order valence-corrected chi connectivity index (χ2v) is 3.52. The number of halogens is 1. The van der Waals surface area contributed by atoms with Gasteiger partial charge in [-0.25, -0.2) is 4.39 Å². The van der Waals surface area contributed by atoms with Gasteiger partial charge in [-0.2, -0.15) is 0 Å². The average Bonchev–Trinajstić information content (AvgIpc) is 2.36. The van der Waals surface area contributed by atoms with Crippen molar-refractivity contribution in [2.45, 2.75) is 31.0 Å². The minimum absolute atomic E-state index is 0.285. The summed E-state index contributed by atoms with van der Waals surface area (Å²) in [5, 5.41) is 3.24. The molecule has 2 aliphatic heterocycles. The largest absolute Gasteiger partial charge is 0.376 e. The van der Waals surface area contributed by atoms with Crippen LogP contribution in [0.3, 0.4) is 0 Å². The summed E-state index contributed by atoms with van der Waals surface area (Å²) in [4.78, 5) is 0. The van der Waals surface area contributed by atoms with Crippen LogP contribution in [0.25, 0.3) is 0 Å². The number of hydrogen-bond acceptors (Lipinski definition) is 2. The highest BCUT2D eigenvalue weighted by molar-refractivity contribution is 5.00. The lowest BCUT2D eigenvalue weighted by Crippen LogP contribution is -2.55. The summed E-state index contributed by atoms with van der Waals surface area (Å²) < 4.78 is 18.4. The summed E-state index contributed by atoms with van der Waals surface area (Å²) in [6.45, 7) is 1.80. The molecule has 2 saturated heterocycles. The molecule has 2 unspecified atom stereocenters. The van der Waals surface area contributed by atoms with E-state index in [1.54, 1.807) is 0 Å². The maximum Gasteiger partial charge on any atom is 0.144 e. The van der Waals surface area contributed by atoms with Crippen molar-refractivity contribution in [3.63, 3.8) is 0 Å². The Kier molecular flexibility index (Phi) is 1.85. The van der Waals surface area contributed by atoms with Crippen LogP contribution >= 0.6 is 0 Å². The van der Waals surface area contributed by atoms with Crippen molar-refractivity contribution in [3.8, 4) is 0 Å². The zero-order valence-electron chi connectivity index (χ0n) is 6.61. The monoisotopic (exact) mass is 159 g/mol. The lowest BCUT2D eigenvalue weighted by molar-refractivity contribution is 0.147. The van der Waals surface area contributed by atoms with Gasteiger partial charge in [-0.05, 0) is 19.4 Å². The van der Waals surface area contributed by atoms with E-state index in [1.807, 2.05) is 0 Å². The summed E-state index contributed by atoms with van der Waals surface area (Å²) in [6.07, 6.45) is 2.46. The Morgan fingerprint density at radius 3 is 2.91 bits per heavy atom. The molecule has 0 radical (unpaired) electrons. The maximum absolute atomic E-state index is 13.3. The minimum Gasteiger partial charge on any atom is -0.376 e. The summed E-state index contributed by atoms with van der Waals surface area (Å²) >= 11 is 0. The van der Waals surface area contributed by atoms with E-state index in [-0.39, 0.29) is 12.1 Å². The van der Waals surface area contributed by atoms with Gasteiger partial charge in [0.1, 0.15) is 6.17 Å². The van der Waals surface area contributed by atoms with Gasteiger partial charge in [-0.3, -0.25) is 0 Å². The van der Waals surface area contributed by atoms with Crippen LogP contribution in [0, 0.1) is 0 Å². The van der Waals surface area contributed by atoms with E-state index >= 15 is 0 Å². The second-order valence-electron chi connectivity index (χ2n) is 3.52. The third-order valence-corrected chi connectivity index (χ3v) is 2.75. The van der Waals surface area contributed by atoms with Crippen LogP contribution in [-0.2, 0) is 4.74 Å². The van der Waals surface area contributed by atoms with Crippen molar-refractivity contribution in [2.75, 3.05) is 19.8 Å². The molecule has 2 aliphatic rings. The highest BCUT2D eigenvalue weighted by atomic mass is 19.1. The highest BCUT2D eigenvalue weighted by Crippen LogP contribution is 2.30. The quantitative estimate of drug-likeness (QED) is 0.566. The fraction of sp³-hybridized carbons (Fsp3) is 1.00. The molecule has 2 atom stereocenters. The Morgan fingerprint density at radius 2 is 2.36 bits per heavy atom. The molecule has 2 rings (SSSR count). The predicted octanol–water partition coefficient (Wildman–Crippen LogP) is 0.867. The Balaban J connectivity index is 2.06. The molecule has 1 N–H and O–H groups in total. The zero-order chi connectivity index (χ0) is 7.73. The summed E-state index contributed by atoms with van der Waals surface area (Å²) in [6, 6.07) is 0. The summed E-state index contributed by atoms with van der Waals surface area (Å²) in [7, 11) is 0. The first-order valence-electron chi connectivity index (χ1n) is 4.30. The standard InChI is InChI=1S/C8H14FNO/c9-7-5-11-6-8(7)3-1-2-4-10-8/h7,10H,1-6H2. The topological polar surface area (TPSA) is 21.3 Å². The molecule has 0 aromatic carbocycles. The molecule has 0 amide bonds. The number of alkyl halides is 1. The molecule has 11 heavy (non-hydrogen) atoms. The van der Waals surface area contributed by atoms with Gasteiger partial charge in [-0.1, -0.05) is 6.42 Å². The molecule has 0 bridgehead atoms. The molecule has 0 aromatic rings. The van der Waals surface area contributed by atoms with E-state index in [4.69, 9.17) is 4.74 Å². The van der Waals surface area contributed by atoms with Gasteiger partial charge in [0.15, 0.2) is 0 Å². The summed E-state index contributed by atoms with van der Waals surface area (Å²) in [5.74, 6) is 0. The van der Waals surface area contributed by atoms with Crippen molar-refractivity contribution in [2.24, 2.45) is 0 Å². The molecule has 2 heterocycles. The fourth-order valence-corrected chi connectivity index (χ4v) is 1.98. The molecular formula is C8H14FNO. The van der Waals surface area contributed by atoms with Crippen LogP contribution < -0.4 is 5.32 Å². The fourth-order valence-electron chi connectivity index (χ4n) is 1.98. The first kappa shape index (κ1) is 7.50. The van der Waals surface area contributed by atoms with Crippen molar-refractivity contribution < 1.29 is 9.13 Å². The van der Waals surface area contributed by atoms with Gasteiger partial charge in [-0.15, -0.1) is 0 Å². The molecule has 3 heteroatoms. The van der Waals surface area contributed by atoms with Crippen molar-refractivity contribution in [1.29, 1.82) is 0 Å². The highest BCUT2D eigenvalue weighted by Gasteiger charge is 2.44. The van der Waals surface area contributed by atoms with Crippen LogP contribution in [0.4, 0.5) is 4.39 Å². The van der Waals surface area contributed by atoms with E-state index in [9.17, 15) is 4.39 Å².